The third-order valence-electron chi connectivity index (χ3n) is 4.16. The lowest BCUT2D eigenvalue weighted by Crippen LogP contribution is -2.33. The van der Waals surface area contributed by atoms with E-state index in [9.17, 15) is 0 Å². The monoisotopic (exact) mass is 251 g/mol. The smallest absolute Gasteiger partial charge is 0.0965 e. The van der Waals surface area contributed by atoms with Crippen molar-refractivity contribution in [1.82, 2.24) is 15.6 Å². The number of hydrogen-bond acceptors (Lipinski definition) is 4. The van der Waals surface area contributed by atoms with Crippen molar-refractivity contribution in [2.24, 2.45) is 5.92 Å². The van der Waals surface area contributed by atoms with Crippen LogP contribution in [-0.2, 0) is 0 Å². The van der Waals surface area contributed by atoms with Crippen molar-refractivity contribution in [2.45, 2.75) is 44.2 Å². The van der Waals surface area contributed by atoms with Crippen LogP contribution in [0.1, 0.15) is 37.1 Å². The van der Waals surface area contributed by atoms with Gasteiger partial charge in [-0.1, -0.05) is 6.92 Å². The molecule has 0 amide bonds. The standard InChI is InChI=1S/C13H21N3S/c1-9(13-15-4-5-17-13)7-14-8-10-6-11-2-3-12(10)16-11/h4-5,9-12,14,16H,2-3,6-8H2,1H3. The van der Waals surface area contributed by atoms with Crippen LogP contribution in [-0.4, -0.2) is 30.2 Å². The first kappa shape index (κ1) is 11.6. The molecule has 0 aliphatic carbocycles. The molecule has 1 aromatic heterocycles. The lowest BCUT2D eigenvalue weighted by atomic mass is 9.89. The molecule has 2 saturated heterocycles. The highest BCUT2D eigenvalue weighted by molar-refractivity contribution is 7.09. The topological polar surface area (TPSA) is 37.0 Å². The van der Waals surface area contributed by atoms with Crippen LogP contribution >= 0.6 is 11.3 Å². The van der Waals surface area contributed by atoms with Gasteiger partial charge in [0.1, 0.15) is 0 Å². The van der Waals surface area contributed by atoms with Gasteiger partial charge < -0.3 is 10.6 Å². The van der Waals surface area contributed by atoms with Crippen LogP contribution in [0, 0.1) is 5.92 Å². The fourth-order valence-electron chi connectivity index (χ4n) is 3.21. The van der Waals surface area contributed by atoms with Gasteiger partial charge in [-0.05, 0) is 31.7 Å². The van der Waals surface area contributed by atoms with Gasteiger partial charge in [-0.25, -0.2) is 4.98 Å². The second-order valence-corrected chi connectivity index (χ2v) is 6.40. The first-order valence-corrected chi connectivity index (χ1v) is 7.57. The predicted octanol–water partition coefficient (Wildman–Crippen LogP) is 1.98. The third-order valence-corrected chi connectivity index (χ3v) is 5.17. The molecule has 0 radical (unpaired) electrons. The maximum Gasteiger partial charge on any atom is 0.0965 e. The van der Waals surface area contributed by atoms with Gasteiger partial charge in [-0.2, -0.15) is 0 Å². The van der Waals surface area contributed by atoms with Crippen molar-refractivity contribution < 1.29 is 0 Å². The molecule has 0 aromatic carbocycles. The van der Waals surface area contributed by atoms with E-state index < -0.39 is 0 Å². The molecule has 1 aromatic rings. The van der Waals surface area contributed by atoms with Gasteiger partial charge >= 0.3 is 0 Å². The minimum atomic E-state index is 0.543. The molecule has 2 aliphatic rings. The number of nitrogens with one attached hydrogen (secondary N) is 2. The second-order valence-electron chi connectivity index (χ2n) is 5.47. The van der Waals surface area contributed by atoms with Crippen molar-refractivity contribution >= 4 is 11.3 Å². The van der Waals surface area contributed by atoms with Gasteiger partial charge in [-0.15, -0.1) is 11.3 Å². The Labute approximate surface area is 107 Å². The molecule has 4 unspecified atom stereocenters. The Kier molecular flexibility index (Phi) is 3.45. The van der Waals surface area contributed by atoms with Crippen molar-refractivity contribution in [3.8, 4) is 0 Å². The zero-order chi connectivity index (χ0) is 11.7. The quantitative estimate of drug-likeness (QED) is 0.840. The summed E-state index contributed by atoms with van der Waals surface area (Å²) in [6.07, 6.45) is 6.06. The van der Waals surface area contributed by atoms with Crippen molar-refractivity contribution in [1.29, 1.82) is 0 Å². The van der Waals surface area contributed by atoms with Crippen LogP contribution in [0.5, 0.6) is 0 Å². The minimum absolute atomic E-state index is 0.543. The van der Waals surface area contributed by atoms with Gasteiger partial charge in [0.25, 0.3) is 0 Å². The van der Waals surface area contributed by atoms with Gasteiger partial charge in [0.2, 0.25) is 0 Å². The van der Waals surface area contributed by atoms with E-state index >= 15 is 0 Å². The number of aromatic nitrogens is 1. The van der Waals surface area contributed by atoms with Gasteiger partial charge in [-0.3, -0.25) is 0 Å². The van der Waals surface area contributed by atoms with Gasteiger partial charge in [0.05, 0.1) is 5.01 Å². The van der Waals surface area contributed by atoms with Crippen LogP contribution in [0.4, 0.5) is 0 Å². The summed E-state index contributed by atoms with van der Waals surface area (Å²) < 4.78 is 0. The Bertz CT molecular complexity index is 352. The lowest BCUT2D eigenvalue weighted by Gasteiger charge is -2.21. The molecule has 4 atom stereocenters. The number of nitrogens with zero attached hydrogens (tertiary/aromatic N) is 1. The van der Waals surface area contributed by atoms with Crippen LogP contribution < -0.4 is 10.6 Å². The van der Waals surface area contributed by atoms with E-state index in [0.29, 0.717) is 5.92 Å². The molecule has 2 N–H and O–H groups in total. The molecule has 0 saturated carbocycles. The Hall–Kier alpha value is -0.450. The summed E-state index contributed by atoms with van der Waals surface area (Å²) in [5, 5.41) is 10.6. The average Bonchev–Trinajstić information content (AvgIpc) is 3.06. The Balaban J connectivity index is 1.41. The summed E-state index contributed by atoms with van der Waals surface area (Å²) in [5.41, 5.74) is 0. The normalized spacial score (nSPS) is 33.1. The molecular weight excluding hydrogens is 230 g/mol. The largest absolute Gasteiger partial charge is 0.316 e. The zero-order valence-electron chi connectivity index (χ0n) is 10.4. The molecule has 2 bridgehead atoms. The zero-order valence-corrected chi connectivity index (χ0v) is 11.2. The number of thiazole rings is 1. The molecule has 4 heteroatoms. The van der Waals surface area contributed by atoms with E-state index in [1.807, 2.05) is 6.20 Å². The van der Waals surface area contributed by atoms with E-state index in [-0.39, 0.29) is 0 Å². The first-order valence-electron chi connectivity index (χ1n) is 6.69. The summed E-state index contributed by atoms with van der Waals surface area (Å²) in [7, 11) is 0. The summed E-state index contributed by atoms with van der Waals surface area (Å²) in [5.74, 6) is 1.40. The molecule has 2 aliphatic heterocycles. The average molecular weight is 251 g/mol. The molecule has 3 nitrogen and oxygen atoms in total. The van der Waals surface area contributed by atoms with E-state index in [4.69, 9.17) is 0 Å². The van der Waals surface area contributed by atoms with Crippen LogP contribution in [0.2, 0.25) is 0 Å². The van der Waals surface area contributed by atoms with E-state index in [0.717, 1.165) is 24.5 Å². The van der Waals surface area contributed by atoms with Crippen LogP contribution in [0.15, 0.2) is 11.6 Å². The van der Waals surface area contributed by atoms with E-state index in [2.05, 4.69) is 27.9 Å². The summed E-state index contributed by atoms with van der Waals surface area (Å²) in [6.45, 7) is 4.48. The summed E-state index contributed by atoms with van der Waals surface area (Å²) in [4.78, 5) is 4.37. The van der Waals surface area contributed by atoms with E-state index in [1.54, 1.807) is 11.3 Å². The van der Waals surface area contributed by atoms with Gasteiger partial charge in [0.15, 0.2) is 0 Å². The molecule has 17 heavy (non-hydrogen) atoms. The Morgan fingerprint density at radius 2 is 2.53 bits per heavy atom. The predicted molar refractivity (Wildman–Crippen MR) is 71.5 cm³/mol. The highest BCUT2D eigenvalue weighted by atomic mass is 32.1. The van der Waals surface area contributed by atoms with Crippen LogP contribution in [0.3, 0.4) is 0 Å². The summed E-state index contributed by atoms with van der Waals surface area (Å²) in [6, 6.07) is 1.62. The SMILES string of the molecule is CC(CNCC1CC2CCC1N2)c1nccs1. The Morgan fingerprint density at radius 3 is 3.18 bits per heavy atom. The van der Waals surface area contributed by atoms with Crippen molar-refractivity contribution in [3.63, 3.8) is 0 Å². The summed E-state index contributed by atoms with van der Waals surface area (Å²) >= 11 is 1.76. The number of hydrogen-bond donors (Lipinski definition) is 2. The molecule has 3 rings (SSSR count). The van der Waals surface area contributed by atoms with Crippen molar-refractivity contribution in [3.05, 3.63) is 16.6 Å². The van der Waals surface area contributed by atoms with Crippen molar-refractivity contribution in [2.75, 3.05) is 13.1 Å². The minimum Gasteiger partial charge on any atom is -0.316 e. The van der Waals surface area contributed by atoms with Gasteiger partial charge in [0, 0.05) is 36.1 Å². The Morgan fingerprint density at radius 1 is 1.59 bits per heavy atom. The second kappa shape index (κ2) is 5.04. The molecule has 94 valence electrons. The molecule has 3 heterocycles. The first-order chi connectivity index (χ1) is 8.33. The van der Waals surface area contributed by atoms with E-state index in [1.165, 1.54) is 30.8 Å². The number of rotatable bonds is 5. The fraction of sp³-hybridized carbons (Fsp3) is 0.769. The maximum atomic E-state index is 4.37. The van der Waals surface area contributed by atoms with Crippen LogP contribution in [0.25, 0.3) is 0 Å². The third kappa shape index (κ3) is 2.54. The maximum absolute atomic E-state index is 4.37. The highest BCUT2D eigenvalue weighted by Gasteiger charge is 2.38. The fourth-order valence-corrected chi connectivity index (χ4v) is 3.91. The lowest BCUT2D eigenvalue weighted by molar-refractivity contribution is 0.380. The highest BCUT2D eigenvalue weighted by Crippen LogP contribution is 2.32. The molecular formula is C13H21N3S. The molecule has 2 fully saturated rings. The number of fused-ring (bicyclic) bond motifs is 2. The molecule has 0 spiro atoms.